The standard InChI is InChI=1S/C23H21N7O/c31-21-14-29(11-10-24-21)23-25-12-16(13-26-23)17-6-7-18-22(28-17)30-19(8-9-20(30)27-18)15-4-2-1-3-5-15/h1-7,12-13,19H,8-11,14H2,(H,24,31). The van der Waals surface area contributed by atoms with Gasteiger partial charge in [-0.15, -0.1) is 0 Å². The molecule has 1 N–H and O–H groups in total. The molecule has 1 unspecified atom stereocenters. The van der Waals surface area contributed by atoms with Crippen molar-refractivity contribution in [2.24, 2.45) is 0 Å². The monoisotopic (exact) mass is 411 g/mol. The summed E-state index contributed by atoms with van der Waals surface area (Å²) >= 11 is 0. The number of hydrogen-bond acceptors (Lipinski definition) is 6. The number of benzene rings is 1. The second kappa shape index (κ2) is 7.16. The van der Waals surface area contributed by atoms with Gasteiger partial charge in [-0.2, -0.15) is 0 Å². The van der Waals surface area contributed by atoms with Crippen LogP contribution in [0.3, 0.4) is 0 Å². The Bertz CT molecular complexity index is 1270. The van der Waals surface area contributed by atoms with E-state index in [-0.39, 0.29) is 18.5 Å². The van der Waals surface area contributed by atoms with Gasteiger partial charge in [-0.05, 0) is 24.1 Å². The summed E-state index contributed by atoms with van der Waals surface area (Å²) < 4.78 is 2.27. The summed E-state index contributed by atoms with van der Waals surface area (Å²) in [6, 6.07) is 14.8. The number of aromatic nitrogens is 5. The first kappa shape index (κ1) is 18.0. The molecule has 1 amide bonds. The van der Waals surface area contributed by atoms with Crippen LogP contribution in [0, 0.1) is 0 Å². The maximum atomic E-state index is 11.6. The lowest BCUT2D eigenvalue weighted by atomic mass is 10.0. The zero-order valence-electron chi connectivity index (χ0n) is 16.9. The van der Waals surface area contributed by atoms with E-state index < -0.39 is 0 Å². The van der Waals surface area contributed by atoms with Crippen molar-refractivity contribution in [2.45, 2.75) is 18.9 Å². The van der Waals surface area contributed by atoms with Crippen molar-refractivity contribution >= 4 is 23.0 Å². The summed E-state index contributed by atoms with van der Waals surface area (Å²) in [5.74, 6) is 1.64. The maximum Gasteiger partial charge on any atom is 0.239 e. The highest BCUT2D eigenvalue weighted by molar-refractivity contribution is 5.82. The third kappa shape index (κ3) is 3.11. The molecule has 6 rings (SSSR count). The molecule has 1 saturated heterocycles. The Hall–Kier alpha value is -3.81. The van der Waals surface area contributed by atoms with Crippen LogP contribution in [0.4, 0.5) is 5.95 Å². The van der Waals surface area contributed by atoms with Crippen molar-refractivity contribution in [3.63, 3.8) is 0 Å². The van der Waals surface area contributed by atoms with Crippen LogP contribution in [0.25, 0.3) is 22.4 Å². The molecule has 1 aromatic carbocycles. The highest BCUT2D eigenvalue weighted by atomic mass is 16.2. The molecular formula is C23H21N7O. The normalized spacial score (nSPS) is 18.3. The molecule has 8 heteroatoms. The van der Waals surface area contributed by atoms with Crippen molar-refractivity contribution in [3.8, 4) is 11.3 Å². The number of nitrogens with zero attached hydrogens (tertiary/aromatic N) is 6. The third-order valence-corrected chi connectivity index (χ3v) is 6.00. The Morgan fingerprint density at radius 1 is 1.00 bits per heavy atom. The van der Waals surface area contributed by atoms with Crippen LogP contribution in [0.5, 0.6) is 0 Å². The third-order valence-electron chi connectivity index (χ3n) is 6.00. The molecule has 1 atom stereocenters. The molecule has 0 aliphatic carbocycles. The summed E-state index contributed by atoms with van der Waals surface area (Å²) in [6.45, 7) is 1.60. The van der Waals surface area contributed by atoms with Crippen molar-refractivity contribution < 1.29 is 4.79 Å². The first-order valence-electron chi connectivity index (χ1n) is 10.5. The summed E-state index contributed by atoms with van der Waals surface area (Å²) in [6.07, 6.45) is 5.54. The van der Waals surface area contributed by atoms with Gasteiger partial charge in [0, 0.05) is 37.5 Å². The van der Waals surface area contributed by atoms with E-state index >= 15 is 0 Å². The number of aryl methyl sites for hydroxylation is 1. The zero-order valence-corrected chi connectivity index (χ0v) is 16.9. The predicted molar refractivity (Wildman–Crippen MR) is 117 cm³/mol. The molecule has 3 aromatic heterocycles. The Morgan fingerprint density at radius 3 is 2.65 bits per heavy atom. The quantitative estimate of drug-likeness (QED) is 0.557. The number of pyridine rings is 1. The summed E-state index contributed by atoms with van der Waals surface area (Å²) in [4.78, 5) is 32.2. The van der Waals surface area contributed by atoms with Crippen molar-refractivity contribution in [2.75, 3.05) is 24.5 Å². The second-order valence-corrected chi connectivity index (χ2v) is 7.95. The fourth-order valence-corrected chi connectivity index (χ4v) is 4.50. The molecule has 0 radical (unpaired) electrons. The zero-order chi connectivity index (χ0) is 20.8. The predicted octanol–water partition coefficient (Wildman–Crippen LogP) is 2.36. The Kier molecular flexibility index (Phi) is 4.15. The van der Waals surface area contributed by atoms with Gasteiger partial charge in [0.15, 0.2) is 5.65 Å². The molecule has 1 fully saturated rings. The molecule has 2 aliphatic rings. The van der Waals surface area contributed by atoms with Gasteiger partial charge >= 0.3 is 0 Å². The average Bonchev–Trinajstić information content (AvgIpc) is 3.39. The van der Waals surface area contributed by atoms with E-state index in [2.05, 4.69) is 44.1 Å². The molecule has 5 heterocycles. The van der Waals surface area contributed by atoms with E-state index in [9.17, 15) is 4.79 Å². The molecule has 0 saturated carbocycles. The van der Waals surface area contributed by atoms with Crippen LogP contribution >= 0.6 is 0 Å². The largest absolute Gasteiger partial charge is 0.353 e. The number of piperazine rings is 1. The number of amides is 1. The van der Waals surface area contributed by atoms with Gasteiger partial charge in [0.2, 0.25) is 11.9 Å². The van der Waals surface area contributed by atoms with Gasteiger partial charge in [-0.25, -0.2) is 19.9 Å². The second-order valence-electron chi connectivity index (χ2n) is 7.95. The molecule has 0 bridgehead atoms. The van der Waals surface area contributed by atoms with Crippen molar-refractivity contribution in [1.82, 2.24) is 29.8 Å². The lowest BCUT2D eigenvalue weighted by Crippen LogP contribution is -2.48. The maximum absolute atomic E-state index is 11.6. The molecule has 0 spiro atoms. The van der Waals surface area contributed by atoms with Gasteiger partial charge in [-0.1, -0.05) is 30.3 Å². The van der Waals surface area contributed by atoms with Crippen LogP contribution in [0.15, 0.2) is 54.9 Å². The summed E-state index contributed by atoms with van der Waals surface area (Å²) in [5, 5.41) is 2.81. The topological polar surface area (TPSA) is 88.8 Å². The number of rotatable bonds is 3. The lowest BCUT2D eigenvalue weighted by molar-refractivity contribution is -0.120. The van der Waals surface area contributed by atoms with E-state index in [1.165, 1.54) is 5.56 Å². The fraction of sp³-hybridized carbons (Fsp3) is 0.261. The van der Waals surface area contributed by atoms with Crippen LogP contribution in [-0.2, 0) is 11.2 Å². The highest BCUT2D eigenvalue weighted by Crippen LogP contribution is 2.35. The Balaban J connectivity index is 1.35. The highest BCUT2D eigenvalue weighted by Gasteiger charge is 2.28. The number of carbonyl (C=O) groups is 1. The fourth-order valence-electron chi connectivity index (χ4n) is 4.50. The molecule has 4 aromatic rings. The Morgan fingerprint density at radius 2 is 1.84 bits per heavy atom. The number of carbonyl (C=O) groups excluding carboxylic acids is 1. The Labute approximate surface area is 179 Å². The van der Waals surface area contributed by atoms with E-state index in [1.54, 1.807) is 12.4 Å². The first-order valence-corrected chi connectivity index (χ1v) is 10.5. The minimum Gasteiger partial charge on any atom is -0.353 e. The van der Waals surface area contributed by atoms with Gasteiger partial charge in [0.05, 0.1) is 18.3 Å². The van der Waals surface area contributed by atoms with Gasteiger partial charge in [0.25, 0.3) is 0 Å². The minimum atomic E-state index is -0.00592. The number of imidazole rings is 1. The van der Waals surface area contributed by atoms with Crippen LogP contribution < -0.4 is 10.2 Å². The number of nitrogens with one attached hydrogen (secondary N) is 1. The first-order chi connectivity index (χ1) is 15.3. The van der Waals surface area contributed by atoms with Crippen LogP contribution in [0.2, 0.25) is 0 Å². The lowest BCUT2D eigenvalue weighted by Gasteiger charge is -2.26. The summed E-state index contributed by atoms with van der Waals surface area (Å²) in [7, 11) is 0. The minimum absolute atomic E-state index is 0.00592. The van der Waals surface area contributed by atoms with Crippen LogP contribution in [0.1, 0.15) is 23.9 Å². The number of anilines is 1. The number of hydrogen-bond donors (Lipinski definition) is 1. The van der Waals surface area contributed by atoms with E-state index in [1.807, 2.05) is 23.1 Å². The van der Waals surface area contributed by atoms with Gasteiger partial charge in [0.1, 0.15) is 11.3 Å². The smallest absolute Gasteiger partial charge is 0.239 e. The van der Waals surface area contributed by atoms with Crippen molar-refractivity contribution in [3.05, 3.63) is 66.2 Å². The number of fused-ring (bicyclic) bond motifs is 3. The van der Waals surface area contributed by atoms with Gasteiger partial charge in [-0.3, -0.25) is 4.79 Å². The molecule has 154 valence electrons. The molecule has 8 nitrogen and oxygen atoms in total. The van der Waals surface area contributed by atoms with Gasteiger partial charge < -0.3 is 14.8 Å². The SMILES string of the molecule is O=C1CN(c2ncc(-c3ccc4nc5n(c4n3)C(c3ccccc3)CC5)cn2)CCN1. The molecule has 31 heavy (non-hydrogen) atoms. The van der Waals surface area contributed by atoms with Crippen LogP contribution in [-0.4, -0.2) is 50.0 Å². The van der Waals surface area contributed by atoms with E-state index in [0.29, 0.717) is 19.0 Å². The van der Waals surface area contributed by atoms with E-state index in [4.69, 9.17) is 9.97 Å². The molecule has 2 aliphatic heterocycles. The summed E-state index contributed by atoms with van der Waals surface area (Å²) in [5.41, 5.74) is 4.76. The van der Waals surface area contributed by atoms with Crippen molar-refractivity contribution in [1.29, 1.82) is 0 Å². The average molecular weight is 411 g/mol. The molecular weight excluding hydrogens is 390 g/mol. The van der Waals surface area contributed by atoms with E-state index in [0.717, 1.165) is 41.1 Å².